The van der Waals surface area contributed by atoms with Crippen LogP contribution in [0, 0.1) is 6.92 Å². The summed E-state index contributed by atoms with van der Waals surface area (Å²) in [5.74, 6) is 1.02. The molecule has 1 aromatic heterocycles. The average molecular weight is 298 g/mol. The van der Waals surface area contributed by atoms with Crippen LogP contribution in [0.4, 0.5) is 0 Å². The predicted molar refractivity (Wildman–Crippen MR) is 83.4 cm³/mol. The van der Waals surface area contributed by atoms with E-state index in [9.17, 15) is 4.79 Å². The molecule has 0 aliphatic rings. The van der Waals surface area contributed by atoms with E-state index < -0.39 is 0 Å². The zero-order valence-corrected chi connectivity index (χ0v) is 12.1. The molecule has 21 heavy (non-hydrogen) atoms. The summed E-state index contributed by atoms with van der Waals surface area (Å²) in [7, 11) is 0. The van der Waals surface area contributed by atoms with Gasteiger partial charge in [0.15, 0.2) is 12.0 Å². The third kappa shape index (κ3) is 2.73. The normalized spacial score (nSPS) is 10.6. The molecule has 0 unspecified atom stereocenters. The fraction of sp³-hybridized carbons (Fsp3) is 0.0588. The molecule has 0 aliphatic carbocycles. The molecular formula is C17H12ClNO2. The van der Waals surface area contributed by atoms with Gasteiger partial charge >= 0.3 is 0 Å². The summed E-state index contributed by atoms with van der Waals surface area (Å²) in [5.41, 5.74) is 2.11. The summed E-state index contributed by atoms with van der Waals surface area (Å²) in [6, 6.07) is 14.5. The van der Waals surface area contributed by atoms with Crippen LogP contribution in [0.15, 0.2) is 48.5 Å². The number of ether oxygens (including phenoxy) is 1. The van der Waals surface area contributed by atoms with Crippen molar-refractivity contribution in [2.45, 2.75) is 6.92 Å². The van der Waals surface area contributed by atoms with Gasteiger partial charge in [0.05, 0.1) is 5.56 Å². The lowest BCUT2D eigenvalue weighted by Crippen LogP contribution is -1.93. The monoisotopic (exact) mass is 297 g/mol. The molecule has 0 amide bonds. The maximum atomic E-state index is 11.1. The summed E-state index contributed by atoms with van der Waals surface area (Å²) < 4.78 is 5.87. The molecule has 0 N–H and O–H groups in total. The zero-order valence-electron chi connectivity index (χ0n) is 11.3. The van der Waals surface area contributed by atoms with Crippen molar-refractivity contribution >= 4 is 28.8 Å². The van der Waals surface area contributed by atoms with E-state index in [4.69, 9.17) is 16.3 Å². The van der Waals surface area contributed by atoms with Gasteiger partial charge in [-0.2, -0.15) is 0 Å². The van der Waals surface area contributed by atoms with Gasteiger partial charge in [-0.3, -0.25) is 4.79 Å². The van der Waals surface area contributed by atoms with Crippen LogP contribution in [-0.4, -0.2) is 11.3 Å². The third-order valence-corrected chi connectivity index (χ3v) is 3.38. The summed E-state index contributed by atoms with van der Waals surface area (Å²) in [5, 5.41) is 1.49. The number of hydrogen-bond donors (Lipinski definition) is 0. The number of aldehydes is 1. The standard InChI is InChI=1S/C17H12ClNO2/c1-11-5-6-12-3-2-4-15(17(12)19-11)21-16-9-14(18)8-7-13(16)10-20/h2-10H,1H3. The Morgan fingerprint density at radius 2 is 1.95 bits per heavy atom. The molecule has 0 spiro atoms. The van der Waals surface area contributed by atoms with Crippen molar-refractivity contribution in [3.63, 3.8) is 0 Å². The van der Waals surface area contributed by atoms with Crippen LogP contribution in [0.25, 0.3) is 10.9 Å². The lowest BCUT2D eigenvalue weighted by Gasteiger charge is -2.10. The Hall–Kier alpha value is -2.39. The number of halogens is 1. The van der Waals surface area contributed by atoms with Crippen molar-refractivity contribution in [2.24, 2.45) is 0 Å². The molecule has 0 radical (unpaired) electrons. The minimum absolute atomic E-state index is 0.424. The van der Waals surface area contributed by atoms with E-state index in [0.717, 1.165) is 22.9 Å². The van der Waals surface area contributed by atoms with Crippen LogP contribution < -0.4 is 4.74 Å². The fourth-order valence-electron chi connectivity index (χ4n) is 2.11. The van der Waals surface area contributed by atoms with Crippen LogP contribution in [0.5, 0.6) is 11.5 Å². The Labute approximate surface area is 127 Å². The Bertz CT molecular complexity index is 830. The molecule has 0 bridgehead atoms. The summed E-state index contributed by atoms with van der Waals surface area (Å²) in [6.07, 6.45) is 0.746. The first-order valence-corrected chi connectivity index (χ1v) is 6.84. The highest BCUT2D eigenvalue weighted by Crippen LogP contribution is 2.31. The highest BCUT2D eigenvalue weighted by Gasteiger charge is 2.09. The van der Waals surface area contributed by atoms with E-state index in [-0.39, 0.29) is 0 Å². The number of carbonyl (C=O) groups excluding carboxylic acids is 1. The predicted octanol–water partition coefficient (Wildman–Crippen LogP) is 4.80. The quantitative estimate of drug-likeness (QED) is 0.652. The van der Waals surface area contributed by atoms with Crippen LogP contribution in [-0.2, 0) is 0 Å². The maximum Gasteiger partial charge on any atom is 0.153 e. The van der Waals surface area contributed by atoms with E-state index in [1.807, 2.05) is 37.3 Å². The number of aryl methyl sites for hydroxylation is 1. The molecule has 0 fully saturated rings. The fourth-order valence-corrected chi connectivity index (χ4v) is 2.27. The lowest BCUT2D eigenvalue weighted by molar-refractivity contribution is 0.112. The second-order valence-corrected chi connectivity index (χ2v) is 5.12. The molecule has 3 nitrogen and oxygen atoms in total. The molecule has 0 atom stereocenters. The van der Waals surface area contributed by atoms with Gasteiger partial charge in [0, 0.05) is 22.2 Å². The number of pyridine rings is 1. The van der Waals surface area contributed by atoms with Gasteiger partial charge in [-0.1, -0.05) is 29.8 Å². The van der Waals surface area contributed by atoms with Crippen LogP contribution in [0.2, 0.25) is 5.02 Å². The van der Waals surface area contributed by atoms with E-state index in [1.54, 1.807) is 18.2 Å². The molecule has 2 aromatic carbocycles. The molecule has 1 heterocycles. The number of nitrogens with zero attached hydrogens (tertiary/aromatic N) is 1. The minimum atomic E-state index is 0.424. The molecule has 104 valence electrons. The Kier molecular flexibility index (Phi) is 3.59. The number of benzene rings is 2. The molecule has 0 aliphatic heterocycles. The van der Waals surface area contributed by atoms with Crippen LogP contribution >= 0.6 is 11.6 Å². The Balaban J connectivity index is 2.12. The molecule has 3 aromatic rings. The smallest absolute Gasteiger partial charge is 0.153 e. The van der Waals surface area contributed by atoms with Crippen LogP contribution in [0.1, 0.15) is 16.1 Å². The van der Waals surface area contributed by atoms with Crippen molar-refractivity contribution in [1.29, 1.82) is 0 Å². The second kappa shape index (κ2) is 5.54. The van der Waals surface area contributed by atoms with Gasteiger partial charge < -0.3 is 4.74 Å². The summed E-state index contributed by atoms with van der Waals surface area (Å²) in [4.78, 5) is 15.6. The molecule has 0 saturated carbocycles. The van der Waals surface area contributed by atoms with Crippen LogP contribution in [0.3, 0.4) is 0 Å². The minimum Gasteiger partial charge on any atom is -0.454 e. The highest BCUT2D eigenvalue weighted by atomic mass is 35.5. The second-order valence-electron chi connectivity index (χ2n) is 4.68. The molecule has 0 saturated heterocycles. The van der Waals surface area contributed by atoms with E-state index >= 15 is 0 Å². The number of hydrogen-bond acceptors (Lipinski definition) is 3. The van der Waals surface area contributed by atoms with Gasteiger partial charge in [-0.15, -0.1) is 0 Å². The average Bonchev–Trinajstić information content (AvgIpc) is 2.48. The molecular weight excluding hydrogens is 286 g/mol. The summed E-state index contributed by atoms with van der Waals surface area (Å²) in [6.45, 7) is 1.92. The Morgan fingerprint density at radius 3 is 2.76 bits per heavy atom. The molecule has 4 heteroatoms. The SMILES string of the molecule is Cc1ccc2cccc(Oc3cc(Cl)ccc3C=O)c2n1. The van der Waals surface area contributed by atoms with E-state index in [1.165, 1.54) is 0 Å². The number of rotatable bonds is 3. The first-order valence-electron chi connectivity index (χ1n) is 6.46. The number of fused-ring (bicyclic) bond motifs is 1. The largest absolute Gasteiger partial charge is 0.454 e. The van der Waals surface area contributed by atoms with E-state index in [0.29, 0.717) is 22.1 Å². The van der Waals surface area contributed by atoms with Gasteiger partial charge in [0.1, 0.15) is 11.3 Å². The lowest BCUT2D eigenvalue weighted by atomic mass is 10.2. The van der Waals surface area contributed by atoms with Gasteiger partial charge in [-0.25, -0.2) is 4.98 Å². The Morgan fingerprint density at radius 1 is 1.10 bits per heavy atom. The number of carbonyl (C=O) groups is 1. The first-order chi connectivity index (χ1) is 10.2. The van der Waals surface area contributed by atoms with E-state index in [2.05, 4.69) is 4.98 Å². The highest BCUT2D eigenvalue weighted by molar-refractivity contribution is 6.30. The third-order valence-electron chi connectivity index (χ3n) is 3.14. The van der Waals surface area contributed by atoms with Crippen molar-refractivity contribution in [3.8, 4) is 11.5 Å². The van der Waals surface area contributed by atoms with Gasteiger partial charge in [-0.05, 0) is 31.2 Å². The number of para-hydroxylation sites is 1. The maximum absolute atomic E-state index is 11.1. The zero-order chi connectivity index (χ0) is 14.8. The van der Waals surface area contributed by atoms with Gasteiger partial charge in [0.25, 0.3) is 0 Å². The molecule has 3 rings (SSSR count). The van der Waals surface area contributed by atoms with Crippen molar-refractivity contribution in [3.05, 3.63) is 64.8 Å². The van der Waals surface area contributed by atoms with Gasteiger partial charge in [0.2, 0.25) is 0 Å². The summed E-state index contributed by atoms with van der Waals surface area (Å²) >= 11 is 5.97. The van der Waals surface area contributed by atoms with Crippen molar-refractivity contribution < 1.29 is 9.53 Å². The van der Waals surface area contributed by atoms with Crippen molar-refractivity contribution in [2.75, 3.05) is 0 Å². The topological polar surface area (TPSA) is 39.2 Å². The number of aromatic nitrogens is 1. The first kappa shape index (κ1) is 13.6. The van der Waals surface area contributed by atoms with Crippen molar-refractivity contribution in [1.82, 2.24) is 4.98 Å².